The van der Waals surface area contributed by atoms with E-state index in [2.05, 4.69) is 0 Å². The van der Waals surface area contributed by atoms with E-state index in [4.69, 9.17) is 16.3 Å². The second-order valence-electron chi connectivity index (χ2n) is 4.51. The van der Waals surface area contributed by atoms with Crippen molar-refractivity contribution in [1.82, 2.24) is 4.90 Å². The Balaban J connectivity index is 1.91. The maximum Gasteiger partial charge on any atom is 0.328 e. The summed E-state index contributed by atoms with van der Waals surface area (Å²) in [4.78, 5) is 26.4. The Labute approximate surface area is 127 Å². The second-order valence-corrected chi connectivity index (χ2v) is 6.00. The molecule has 0 saturated carbocycles. The Morgan fingerprint density at radius 2 is 2.10 bits per heavy atom. The largest absolute Gasteiger partial charge is 0.467 e. The van der Waals surface area contributed by atoms with Crippen LogP contribution in [0.5, 0.6) is 0 Å². The van der Waals surface area contributed by atoms with Crippen LogP contribution >= 0.6 is 23.4 Å². The SMILES string of the molecule is COC(=O)C1CCCN1C(=O)CSc1ccc(Cl)cc1. The number of carbonyl (C=O) groups is 2. The second kappa shape index (κ2) is 6.99. The van der Waals surface area contributed by atoms with Gasteiger partial charge in [0, 0.05) is 16.5 Å². The van der Waals surface area contributed by atoms with Crippen LogP contribution < -0.4 is 0 Å². The van der Waals surface area contributed by atoms with Gasteiger partial charge >= 0.3 is 5.97 Å². The van der Waals surface area contributed by atoms with Gasteiger partial charge in [0.15, 0.2) is 0 Å². The Morgan fingerprint density at radius 3 is 2.75 bits per heavy atom. The number of likely N-dealkylation sites (tertiary alicyclic amines) is 1. The molecular formula is C14H16ClNO3S. The Hall–Kier alpha value is -1.20. The van der Waals surface area contributed by atoms with Gasteiger partial charge in [0.05, 0.1) is 12.9 Å². The van der Waals surface area contributed by atoms with Gasteiger partial charge in [-0.1, -0.05) is 11.6 Å². The molecule has 2 rings (SSSR count). The van der Waals surface area contributed by atoms with E-state index in [1.165, 1.54) is 18.9 Å². The van der Waals surface area contributed by atoms with E-state index in [0.717, 1.165) is 11.3 Å². The van der Waals surface area contributed by atoms with Crippen LogP contribution in [-0.2, 0) is 14.3 Å². The third-order valence-electron chi connectivity index (χ3n) is 3.22. The van der Waals surface area contributed by atoms with E-state index in [1.54, 1.807) is 17.0 Å². The van der Waals surface area contributed by atoms with Crippen LogP contribution in [-0.4, -0.2) is 42.2 Å². The zero-order chi connectivity index (χ0) is 14.5. The number of thioether (sulfide) groups is 1. The molecular weight excluding hydrogens is 298 g/mol. The molecule has 4 nitrogen and oxygen atoms in total. The fourth-order valence-electron chi connectivity index (χ4n) is 2.21. The first-order valence-electron chi connectivity index (χ1n) is 6.37. The number of rotatable bonds is 4. The number of nitrogens with zero attached hydrogens (tertiary/aromatic N) is 1. The molecule has 0 aliphatic carbocycles. The van der Waals surface area contributed by atoms with Crippen LogP contribution in [0.3, 0.4) is 0 Å². The minimum atomic E-state index is -0.418. The van der Waals surface area contributed by atoms with Gasteiger partial charge in [-0.25, -0.2) is 4.79 Å². The van der Waals surface area contributed by atoms with Crippen molar-refractivity contribution >= 4 is 35.2 Å². The summed E-state index contributed by atoms with van der Waals surface area (Å²) < 4.78 is 4.74. The van der Waals surface area contributed by atoms with Crippen molar-refractivity contribution in [1.29, 1.82) is 0 Å². The number of halogens is 1. The molecule has 20 heavy (non-hydrogen) atoms. The summed E-state index contributed by atoms with van der Waals surface area (Å²) in [6.45, 7) is 0.625. The zero-order valence-corrected chi connectivity index (χ0v) is 12.7. The molecule has 1 atom stereocenters. The van der Waals surface area contributed by atoms with E-state index in [9.17, 15) is 9.59 Å². The number of esters is 1. The monoisotopic (exact) mass is 313 g/mol. The number of amides is 1. The lowest BCUT2D eigenvalue weighted by Crippen LogP contribution is -2.41. The standard InChI is InChI=1S/C14H16ClNO3S/c1-19-14(18)12-3-2-8-16(12)13(17)9-20-11-6-4-10(15)5-7-11/h4-7,12H,2-3,8-9H2,1H3. The predicted octanol–water partition coefficient (Wildman–Crippen LogP) is 2.60. The molecule has 1 heterocycles. The lowest BCUT2D eigenvalue weighted by atomic mass is 10.2. The van der Waals surface area contributed by atoms with Crippen LogP contribution in [0.15, 0.2) is 29.2 Å². The lowest BCUT2D eigenvalue weighted by Gasteiger charge is -2.22. The summed E-state index contributed by atoms with van der Waals surface area (Å²) in [6, 6.07) is 6.92. The number of hydrogen-bond acceptors (Lipinski definition) is 4. The first-order chi connectivity index (χ1) is 9.61. The maximum absolute atomic E-state index is 12.2. The average molecular weight is 314 g/mol. The third-order valence-corrected chi connectivity index (χ3v) is 4.47. The van der Waals surface area contributed by atoms with Crippen molar-refractivity contribution < 1.29 is 14.3 Å². The van der Waals surface area contributed by atoms with Crippen LogP contribution in [0.4, 0.5) is 0 Å². The molecule has 1 fully saturated rings. The lowest BCUT2D eigenvalue weighted by molar-refractivity contribution is -0.150. The molecule has 108 valence electrons. The highest BCUT2D eigenvalue weighted by Gasteiger charge is 2.34. The van der Waals surface area contributed by atoms with Crippen molar-refractivity contribution in [3.8, 4) is 0 Å². The minimum Gasteiger partial charge on any atom is -0.467 e. The van der Waals surface area contributed by atoms with Crippen molar-refractivity contribution in [2.45, 2.75) is 23.8 Å². The molecule has 1 unspecified atom stereocenters. The van der Waals surface area contributed by atoms with E-state index in [-0.39, 0.29) is 11.9 Å². The van der Waals surface area contributed by atoms with Crippen molar-refractivity contribution in [3.05, 3.63) is 29.3 Å². The molecule has 1 saturated heterocycles. The Bertz CT molecular complexity index is 492. The molecule has 0 spiro atoms. The first kappa shape index (κ1) is 15.2. The summed E-state index contributed by atoms with van der Waals surface area (Å²) in [5.74, 6) is -0.0417. The van der Waals surface area contributed by atoms with Gasteiger partial charge in [-0.3, -0.25) is 4.79 Å². The fraction of sp³-hybridized carbons (Fsp3) is 0.429. The zero-order valence-electron chi connectivity index (χ0n) is 11.2. The molecule has 0 aromatic heterocycles. The van der Waals surface area contributed by atoms with Crippen LogP contribution in [0.25, 0.3) is 0 Å². The van der Waals surface area contributed by atoms with Crippen LogP contribution in [0.1, 0.15) is 12.8 Å². The molecule has 0 radical (unpaired) electrons. The van der Waals surface area contributed by atoms with Crippen molar-refractivity contribution in [3.63, 3.8) is 0 Å². The van der Waals surface area contributed by atoms with Crippen LogP contribution in [0.2, 0.25) is 5.02 Å². The fourth-order valence-corrected chi connectivity index (χ4v) is 3.12. The van der Waals surface area contributed by atoms with Gasteiger partial charge in [0.2, 0.25) is 5.91 Å². The number of methoxy groups -OCH3 is 1. The normalized spacial score (nSPS) is 18.1. The molecule has 1 aliphatic rings. The summed E-state index contributed by atoms with van der Waals surface area (Å²) in [5.41, 5.74) is 0. The molecule has 0 N–H and O–H groups in total. The predicted molar refractivity (Wildman–Crippen MR) is 78.9 cm³/mol. The quantitative estimate of drug-likeness (QED) is 0.633. The van der Waals surface area contributed by atoms with Gasteiger partial charge < -0.3 is 9.64 Å². The van der Waals surface area contributed by atoms with Gasteiger partial charge in [0.25, 0.3) is 0 Å². The van der Waals surface area contributed by atoms with Crippen LogP contribution in [0, 0.1) is 0 Å². The van der Waals surface area contributed by atoms with E-state index >= 15 is 0 Å². The van der Waals surface area contributed by atoms with E-state index in [1.807, 2.05) is 12.1 Å². The summed E-state index contributed by atoms with van der Waals surface area (Å²) in [6.07, 6.45) is 1.53. The first-order valence-corrected chi connectivity index (χ1v) is 7.74. The topological polar surface area (TPSA) is 46.6 Å². The highest BCUT2D eigenvalue weighted by molar-refractivity contribution is 8.00. The number of carbonyl (C=O) groups excluding carboxylic acids is 2. The Morgan fingerprint density at radius 1 is 1.40 bits per heavy atom. The molecule has 1 aromatic rings. The van der Waals surface area contributed by atoms with Gasteiger partial charge in [-0.2, -0.15) is 0 Å². The summed E-state index contributed by atoms with van der Waals surface area (Å²) in [7, 11) is 1.35. The third kappa shape index (κ3) is 3.67. The molecule has 6 heteroatoms. The van der Waals surface area contributed by atoms with Gasteiger partial charge in [-0.05, 0) is 37.1 Å². The van der Waals surface area contributed by atoms with E-state index < -0.39 is 6.04 Å². The summed E-state index contributed by atoms with van der Waals surface area (Å²) in [5, 5.41) is 0.672. The highest BCUT2D eigenvalue weighted by Crippen LogP contribution is 2.23. The number of hydrogen-bond donors (Lipinski definition) is 0. The van der Waals surface area contributed by atoms with Crippen molar-refractivity contribution in [2.75, 3.05) is 19.4 Å². The maximum atomic E-state index is 12.2. The smallest absolute Gasteiger partial charge is 0.328 e. The average Bonchev–Trinajstić information content (AvgIpc) is 2.95. The molecule has 1 aromatic carbocycles. The molecule has 1 aliphatic heterocycles. The Kier molecular flexibility index (Phi) is 5.31. The highest BCUT2D eigenvalue weighted by atomic mass is 35.5. The van der Waals surface area contributed by atoms with Gasteiger partial charge in [-0.15, -0.1) is 11.8 Å². The van der Waals surface area contributed by atoms with Gasteiger partial charge in [0.1, 0.15) is 6.04 Å². The van der Waals surface area contributed by atoms with Crippen molar-refractivity contribution in [2.24, 2.45) is 0 Å². The minimum absolute atomic E-state index is 0.0298. The van der Waals surface area contributed by atoms with E-state index in [0.29, 0.717) is 23.7 Å². The molecule has 0 bridgehead atoms. The number of ether oxygens (including phenoxy) is 1. The summed E-state index contributed by atoms with van der Waals surface area (Å²) >= 11 is 7.26. The molecule has 1 amide bonds. The number of benzene rings is 1.